The van der Waals surface area contributed by atoms with Gasteiger partial charge in [-0.05, 0) is 29.8 Å². The second kappa shape index (κ2) is 6.91. The molecular formula is C21H19N3O4. The topological polar surface area (TPSA) is 100 Å². The number of benzene rings is 2. The van der Waals surface area contributed by atoms with Gasteiger partial charge in [0.1, 0.15) is 29.9 Å². The van der Waals surface area contributed by atoms with Crippen molar-refractivity contribution in [1.82, 2.24) is 4.57 Å². The predicted molar refractivity (Wildman–Crippen MR) is 103 cm³/mol. The van der Waals surface area contributed by atoms with Crippen LogP contribution in [0.2, 0.25) is 0 Å². The van der Waals surface area contributed by atoms with Gasteiger partial charge in [0.15, 0.2) is 0 Å². The van der Waals surface area contributed by atoms with E-state index in [2.05, 4.69) is 6.07 Å². The fourth-order valence-electron chi connectivity index (χ4n) is 3.76. The molecule has 2 heterocycles. The van der Waals surface area contributed by atoms with E-state index in [4.69, 9.17) is 19.6 Å². The minimum atomic E-state index is -0.776. The number of nitrogens with one attached hydrogen (secondary N) is 1. The van der Waals surface area contributed by atoms with Gasteiger partial charge >= 0.3 is 0 Å². The molecule has 0 amide bonds. The molecule has 2 unspecified atom stereocenters. The Labute approximate surface area is 161 Å². The van der Waals surface area contributed by atoms with Gasteiger partial charge < -0.3 is 23.9 Å². The molecule has 0 spiro atoms. The van der Waals surface area contributed by atoms with E-state index in [-0.39, 0.29) is 12.6 Å². The summed E-state index contributed by atoms with van der Waals surface area (Å²) in [6, 6.07) is 13.3. The van der Waals surface area contributed by atoms with Gasteiger partial charge in [-0.2, -0.15) is 5.26 Å². The summed E-state index contributed by atoms with van der Waals surface area (Å²) in [7, 11) is 3.14. The molecule has 0 bridgehead atoms. The molecule has 0 aliphatic carbocycles. The van der Waals surface area contributed by atoms with Gasteiger partial charge in [0, 0.05) is 29.1 Å². The third kappa shape index (κ3) is 2.66. The van der Waals surface area contributed by atoms with E-state index >= 15 is 0 Å². The van der Waals surface area contributed by atoms with Crippen LogP contribution in [0.1, 0.15) is 17.0 Å². The molecule has 1 aliphatic rings. The molecule has 0 saturated carbocycles. The van der Waals surface area contributed by atoms with Crippen molar-refractivity contribution >= 4 is 16.8 Å². The van der Waals surface area contributed by atoms with Crippen molar-refractivity contribution in [3.63, 3.8) is 0 Å². The van der Waals surface area contributed by atoms with Crippen molar-refractivity contribution in [3.8, 4) is 23.3 Å². The highest BCUT2D eigenvalue weighted by molar-refractivity contribution is 5.95. The molecule has 0 saturated heterocycles. The number of rotatable bonds is 4. The van der Waals surface area contributed by atoms with Gasteiger partial charge in [-0.25, -0.2) is 0 Å². The Kier molecular flexibility index (Phi) is 4.41. The number of methoxy groups -OCH3 is 2. The summed E-state index contributed by atoms with van der Waals surface area (Å²) in [5.41, 5.74) is 2.41. The van der Waals surface area contributed by atoms with Gasteiger partial charge in [-0.1, -0.05) is 6.07 Å². The molecular weight excluding hydrogens is 358 g/mol. The standard InChI is InChI=1S/C21H19N3O4/c1-26-13-7-12(8-14(9-13)27-2)19-16-3-4-18-15(5-6-24(18)11-25)20(16)28-21(23)17(19)10-22/h3-9,17,19,23,25H,11H2,1-2H3. The quantitative estimate of drug-likeness (QED) is 0.727. The number of fused-ring (bicyclic) bond motifs is 3. The molecule has 7 heteroatoms. The number of hydrogen-bond acceptors (Lipinski definition) is 6. The van der Waals surface area contributed by atoms with Crippen LogP contribution in [0.15, 0.2) is 42.6 Å². The molecule has 1 aromatic heterocycles. The van der Waals surface area contributed by atoms with Crippen LogP contribution in [-0.4, -0.2) is 29.8 Å². The van der Waals surface area contributed by atoms with Crippen LogP contribution in [0.5, 0.6) is 17.2 Å². The van der Waals surface area contributed by atoms with Crippen molar-refractivity contribution < 1.29 is 19.3 Å². The lowest BCUT2D eigenvalue weighted by Crippen LogP contribution is -2.31. The lowest BCUT2D eigenvalue weighted by atomic mass is 9.78. The summed E-state index contributed by atoms with van der Waals surface area (Å²) >= 11 is 0. The normalized spacial score (nSPS) is 18.3. The number of aromatic nitrogens is 1. The lowest BCUT2D eigenvalue weighted by Gasteiger charge is -2.31. The van der Waals surface area contributed by atoms with E-state index in [9.17, 15) is 10.4 Å². The minimum absolute atomic E-state index is 0.106. The zero-order valence-electron chi connectivity index (χ0n) is 15.5. The lowest BCUT2D eigenvalue weighted by molar-refractivity contribution is 0.215. The van der Waals surface area contributed by atoms with Crippen molar-refractivity contribution in [1.29, 1.82) is 10.7 Å². The maximum atomic E-state index is 9.76. The Morgan fingerprint density at radius 1 is 1.18 bits per heavy atom. The number of ether oxygens (including phenoxy) is 3. The molecule has 7 nitrogen and oxygen atoms in total. The van der Waals surface area contributed by atoms with Crippen LogP contribution < -0.4 is 14.2 Å². The molecule has 142 valence electrons. The van der Waals surface area contributed by atoms with Crippen molar-refractivity contribution in [2.24, 2.45) is 5.92 Å². The second-order valence-electron chi connectivity index (χ2n) is 6.54. The van der Waals surface area contributed by atoms with E-state index in [1.807, 2.05) is 30.3 Å². The van der Waals surface area contributed by atoms with E-state index in [1.54, 1.807) is 31.0 Å². The molecule has 0 fully saturated rings. The summed E-state index contributed by atoms with van der Waals surface area (Å²) in [6.07, 6.45) is 1.76. The molecule has 4 rings (SSSR count). The molecule has 2 aromatic carbocycles. The second-order valence-corrected chi connectivity index (χ2v) is 6.54. The van der Waals surface area contributed by atoms with Gasteiger partial charge in [-0.15, -0.1) is 0 Å². The first kappa shape index (κ1) is 17.9. The number of nitrogens with zero attached hydrogens (tertiary/aromatic N) is 2. The SMILES string of the molecule is COc1cc(OC)cc(C2c3ccc4c(ccn4CO)c3OC(=N)C2C#N)c1. The summed E-state index contributed by atoms with van der Waals surface area (Å²) in [5, 5.41) is 28.4. The highest BCUT2D eigenvalue weighted by Gasteiger charge is 2.38. The maximum absolute atomic E-state index is 9.76. The zero-order chi connectivity index (χ0) is 19.8. The number of aliphatic hydroxyl groups is 1. The van der Waals surface area contributed by atoms with Gasteiger partial charge in [0.2, 0.25) is 5.90 Å². The number of hydrogen-bond donors (Lipinski definition) is 2. The number of nitriles is 1. The fourth-order valence-corrected chi connectivity index (χ4v) is 3.76. The van der Waals surface area contributed by atoms with E-state index in [0.29, 0.717) is 17.2 Å². The van der Waals surface area contributed by atoms with Crippen LogP contribution in [0.3, 0.4) is 0 Å². The summed E-state index contributed by atoms with van der Waals surface area (Å²) in [4.78, 5) is 0. The monoisotopic (exact) mass is 377 g/mol. The maximum Gasteiger partial charge on any atom is 0.205 e. The van der Waals surface area contributed by atoms with Gasteiger partial charge in [-0.3, -0.25) is 5.41 Å². The van der Waals surface area contributed by atoms with Crippen molar-refractivity contribution in [2.75, 3.05) is 14.2 Å². The average molecular weight is 377 g/mol. The van der Waals surface area contributed by atoms with E-state index in [0.717, 1.165) is 22.0 Å². The Morgan fingerprint density at radius 2 is 1.89 bits per heavy atom. The van der Waals surface area contributed by atoms with E-state index in [1.165, 1.54) is 0 Å². The summed E-state index contributed by atoms with van der Waals surface area (Å²) in [5.74, 6) is 0.462. The predicted octanol–water partition coefficient (Wildman–Crippen LogP) is 3.25. The molecule has 28 heavy (non-hydrogen) atoms. The molecule has 3 aromatic rings. The van der Waals surface area contributed by atoms with Gasteiger partial charge in [0.25, 0.3) is 0 Å². The fraction of sp³-hybridized carbons (Fsp3) is 0.238. The van der Waals surface area contributed by atoms with Crippen molar-refractivity contribution in [2.45, 2.75) is 12.6 Å². The third-order valence-corrected chi connectivity index (χ3v) is 5.12. The van der Waals surface area contributed by atoms with Crippen LogP contribution >= 0.6 is 0 Å². The number of aliphatic hydroxyl groups excluding tert-OH is 1. The Morgan fingerprint density at radius 3 is 2.50 bits per heavy atom. The largest absolute Gasteiger partial charge is 0.497 e. The summed E-state index contributed by atoms with van der Waals surface area (Å²) in [6.45, 7) is -0.156. The first-order valence-corrected chi connectivity index (χ1v) is 8.72. The summed E-state index contributed by atoms with van der Waals surface area (Å²) < 4.78 is 18.2. The Balaban J connectivity index is 1.97. The minimum Gasteiger partial charge on any atom is -0.497 e. The highest BCUT2D eigenvalue weighted by Crippen LogP contribution is 2.46. The first-order valence-electron chi connectivity index (χ1n) is 8.72. The molecule has 0 radical (unpaired) electrons. The van der Waals surface area contributed by atoms with Gasteiger partial charge in [0.05, 0.1) is 25.8 Å². The first-order chi connectivity index (χ1) is 13.6. The Hall–Kier alpha value is -3.50. The zero-order valence-corrected chi connectivity index (χ0v) is 15.5. The van der Waals surface area contributed by atoms with Crippen molar-refractivity contribution in [3.05, 3.63) is 53.7 Å². The van der Waals surface area contributed by atoms with E-state index < -0.39 is 11.8 Å². The smallest absolute Gasteiger partial charge is 0.205 e. The molecule has 2 atom stereocenters. The third-order valence-electron chi connectivity index (χ3n) is 5.12. The average Bonchev–Trinajstić information content (AvgIpc) is 3.15. The van der Waals surface area contributed by atoms with Crippen LogP contribution in [0, 0.1) is 22.7 Å². The Bertz CT molecular complexity index is 1090. The van der Waals surface area contributed by atoms with Crippen LogP contribution in [0.25, 0.3) is 10.9 Å². The highest BCUT2D eigenvalue weighted by atomic mass is 16.5. The van der Waals surface area contributed by atoms with Crippen LogP contribution in [0.4, 0.5) is 0 Å². The molecule has 1 aliphatic heterocycles. The molecule has 2 N–H and O–H groups in total. The van der Waals surface area contributed by atoms with Crippen LogP contribution in [-0.2, 0) is 6.73 Å².